The number of fused-ring (bicyclic) bond motifs is 2. The van der Waals surface area contributed by atoms with Gasteiger partial charge in [0.25, 0.3) is 5.91 Å². The third kappa shape index (κ3) is 4.49. The van der Waals surface area contributed by atoms with Crippen molar-refractivity contribution in [2.24, 2.45) is 5.92 Å². The van der Waals surface area contributed by atoms with Gasteiger partial charge in [0.1, 0.15) is 11.3 Å². The van der Waals surface area contributed by atoms with E-state index in [2.05, 4.69) is 13.8 Å². The molecule has 1 aliphatic rings. The minimum atomic E-state index is -0.717. The highest BCUT2D eigenvalue weighted by Gasteiger charge is 2.44. The number of ether oxygens (including phenoxy) is 3. The molecule has 0 spiro atoms. The first-order valence-electron chi connectivity index (χ1n) is 12.7. The Morgan fingerprint density at radius 3 is 2.37 bits per heavy atom. The SMILES string of the molecule is COc1ccc(N2C(=O)c3oc4ccc(C)cc4c(=O)c3C2c2ccc(OCCC(C)C)c(OC)c2)cc1. The van der Waals surface area contributed by atoms with Crippen LogP contribution in [0.3, 0.4) is 0 Å². The van der Waals surface area contributed by atoms with Crippen molar-refractivity contribution in [2.75, 3.05) is 25.7 Å². The molecule has 38 heavy (non-hydrogen) atoms. The molecule has 1 unspecified atom stereocenters. The summed E-state index contributed by atoms with van der Waals surface area (Å²) in [5.74, 6) is 1.97. The fourth-order valence-electron chi connectivity index (χ4n) is 4.79. The van der Waals surface area contributed by atoms with Crippen LogP contribution in [0.15, 0.2) is 69.9 Å². The van der Waals surface area contributed by atoms with E-state index in [4.69, 9.17) is 18.6 Å². The Labute approximate surface area is 221 Å². The van der Waals surface area contributed by atoms with Gasteiger partial charge in [0.2, 0.25) is 5.76 Å². The van der Waals surface area contributed by atoms with Crippen LogP contribution in [0.2, 0.25) is 0 Å². The van der Waals surface area contributed by atoms with Crippen molar-refractivity contribution < 1.29 is 23.4 Å². The van der Waals surface area contributed by atoms with Crippen molar-refractivity contribution in [1.82, 2.24) is 0 Å². The Balaban J connectivity index is 1.68. The average molecular weight is 514 g/mol. The molecule has 0 saturated carbocycles. The molecule has 1 atom stereocenters. The van der Waals surface area contributed by atoms with Crippen molar-refractivity contribution in [3.63, 3.8) is 0 Å². The van der Waals surface area contributed by atoms with E-state index in [1.54, 1.807) is 55.5 Å². The number of hydrogen-bond donors (Lipinski definition) is 0. The molecule has 0 N–H and O–H groups in total. The van der Waals surface area contributed by atoms with Crippen LogP contribution in [-0.4, -0.2) is 26.7 Å². The van der Waals surface area contributed by atoms with Crippen LogP contribution >= 0.6 is 0 Å². The first-order valence-corrected chi connectivity index (χ1v) is 12.7. The predicted octanol–water partition coefficient (Wildman–Crippen LogP) is 6.29. The lowest BCUT2D eigenvalue weighted by molar-refractivity contribution is 0.0971. The van der Waals surface area contributed by atoms with E-state index in [0.717, 1.165) is 12.0 Å². The van der Waals surface area contributed by atoms with Crippen molar-refractivity contribution in [1.29, 1.82) is 0 Å². The standard InChI is InChI=1S/C31H31NO6/c1-18(2)14-15-37-25-13-7-20(17-26(25)36-5)28-27-29(33)23-16-19(3)6-12-24(23)38-30(27)31(34)32(28)21-8-10-22(35-4)11-9-21/h6-13,16-18,28H,14-15H2,1-5H3. The molecule has 1 aromatic heterocycles. The molecule has 0 radical (unpaired) electrons. The van der Waals surface area contributed by atoms with Gasteiger partial charge in [0.15, 0.2) is 16.9 Å². The Bertz CT molecular complexity index is 1550. The van der Waals surface area contributed by atoms with Gasteiger partial charge in [-0.05, 0) is 73.4 Å². The van der Waals surface area contributed by atoms with Gasteiger partial charge >= 0.3 is 0 Å². The predicted molar refractivity (Wildman–Crippen MR) is 147 cm³/mol. The summed E-state index contributed by atoms with van der Waals surface area (Å²) in [5.41, 5.74) is 2.72. The van der Waals surface area contributed by atoms with Crippen LogP contribution < -0.4 is 24.5 Å². The van der Waals surface area contributed by atoms with E-state index in [0.29, 0.717) is 57.6 Å². The second-order valence-electron chi connectivity index (χ2n) is 9.89. The number of methoxy groups -OCH3 is 2. The molecule has 4 aromatic rings. The smallest absolute Gasteiger partial charge is 0.295 e. The highest BCUT2D eigenvalue weighted by molar-refractivity contribution is 6.10. The number of rotatable bonds is 8. The van der Waals surface area contributed by atoms with Gasteiger partial charge in [-0.1, -0.05) is 31.5 Å². The minimum Gasteiger partial charge on any atom is -0.497 e. The van der Waals surface area contributed by atoms with Crippen LogP contribution in [0.4, 0.5) is 5.69 Å². The Hall–Kier alpha value is -4.26. The molecule has 0 saturated heterocycles. The molecular formula is C31H31NO6. The van der Waals surface area contributed by atoms with Crippen molar-refractivity contribution in [3.05, 3.63) is 93.3 Å². The lowest BCUT2D eigenvalue weighted by Crippen LogP contribution is -2.29. The van der Waals surface area contributed by atoms with Crippen molar-refractivity contribution in [2.45, 2.75) is 33.2 Å². The third-order valence-electron chi connectivity index (χ3n) is 6.83. The molecule has 2 heterocycles. The maximum Gasteiger partial charge on any atom is 0.295 e. The quantitative estimate of drug-likeness (QED) is 0.275. The van der Waals surface area contributed by atoms with Crippen LogP contribution in [-0.2, 0) is 0 Å². The lowest BCUT2D eigenvalue weighted by Gasteiger charge is -2.26. The normalized spacial score (nSPS) is 14.7. The minimum absolute atomic E-state index is 0.0448. The maximum absolute atomic E-state index is 13.9. The summed E-state index contributed by atoms with van der Waals surface area (Å²) >= 11 is 0. The van der Waals surface area contributed by atoms with Gasteiger partial charge in [-0.15, -0.1) is 0 Å². The zero-order chi connectivity index (χ0) is 27.0. The highest BCUT2D eigenvalue weighted by atomic mass is 16.5. The number of anilines is 1. The van der Waals surface area contributed by atoms with Gasteiger partial charge in [0, 0.05) is 5.69 Å². The summed E-state index contributed by atoms with van der Waals surface area (Å²) in [6.07, 6.45) is 0.911. The van der Waals surface area contributed by atoms with Crippen LogP contribution in [0.1, 0.15) is 53.6 Å². The topological polar surface area (TPSA) is 78.2 Å². The molecule has 7 heteroatoms. The summed E-state index contributed by atoms with van der Waals surface area (Å²) in [5, 5.41) is 0.443. The number of carbonyl (C=O) groups excluding carboxylic acids is 1. The molecular weight excluding hydrogens is 482 g/mol. The summed E-state index contributed by atoms with van der Waals surface area (Å²) in [6, 6.07) is 17.4. The lowest BCUT2D eigenvalue weighted by atomic mass is 9.97. The second-order valence-corrected chi connectivity index (χ2v) is 9.89. The van der Waals surface area contributed by atoms with Gasteiger partial charge in [-0.3, -0.25) is 14.5 Å². The van der Waals surface area contributed by atoms with Gasteiger partial charge in [0.05, 0.1) is 37.8 Å². The fourth-order valence-corrected chi connectivity index (χ4v) is 4.79. The number of aryl methyl sites for hydroxylation is 1. The zero-order valence-electron chi connectivity index (χ0n) is 22.2. The monoisotopic (exact) mass is 513 g/mol. The van der Waals surface area contributed by atoms with Crippen LogP contribution in [0.25, 0.3) is 11.0 Å². The zero-order valence-corrected chi connectivity index (χ0v) is 22.2. The molecule has 1 aliphatic heterocycles. The number of benzene rings is 3. The largest absolute Gasteiger partial charge is 0.497 e. The fraction of sp³-hybridized carbons (Fsp3) is 0.290. The molecule has 0 aliphatic carbocycles. The highest BCUT2D eigenvalue weighted by Crippen LogP contribution is 2.43. The van der Waals surface area contributed by atoms with Gasteiger partial charge < -0.3 is 18.6 Å². The van der Waals surface area contributed by atoms with Crippen LogP contribution in [0.5, 0.6) is 17.2 Å². The number of nitrogens with zero attached hydrogens (tertiary/aromatic N) is 1. The van der Waals surface area contributed by atoms with Crippen LogP contribution in [0, 0.1) is 12.8 Å². The number of hydrogen-bond acceptors (Lipinski definition) is 6. The molecule has 196 valence electrons. The summed E-state index contributed by atoms with van der Waals surface area (Å²) in [7, 11) is 3.16. The molecule has 7 nitrogen and oxygen atoms in total. The average Bonchev–Trinajstić information content (AvgIpc) is 3.21. The Kier molecular flexibility index (Phi) is 6.85. The first-order chi connectivity index (χ1) is 18.3. The molecule has 0 fully saturated rings. The van der Waals surface area contributed by atoms with E-state index in [1.165, 1.54) is 0 Å². The molecule has 5 rings (SSSR count). The van der Waals surface area contributed by atoms with E-state index in [-0.39, 0.29) is 17.1 Å². The Morgan fingerprint density at radius 2 is 1.68 bits per heavy atom. The number of amides is 1. The van der Waals surface area contributed by atoms with Crippen molar-refractivity contribution >= 4 is 22.6 Å². The van der Waals surface area contributed by atoms with Crippen molar-refractivity contribution in [3.8, 4) is 17.2 Å². The van der Waals surface area contributed by atoms with Gasteiger partial charge in [-0.25, -0.2) is 0 Å². The number of carbonyl (C=O) groups is 1. The first kappa shape index (κ1) is 25.4. The summed E-state index contributed by atoms with van der Waals surface area (Å²) in [4.78, 5) is 29.3. The third-order valence-corrected chi connectivity index (χ3v) is 6.83. The Morgan fingerprint density at radius 1 is 0.921 bits per heavy atom. The molecule has 3 aromatic carbocycles. The molecule has 0 bridgehead atoms. The van der Waals surface area contributed by atoms with E-state index < -0.39 is 6.04 Å². The summed E-state index contributed by atoms with van der Waals surface area (Å²) in [6.45, 7) is 6.76. The van der Waals surface area contributed by atoms with E-state index in [9.17, 15) is 9.59 Å². The maximum atomic E-state index is 13.9. The van der Waals surface area contributed by atoms with E-state index in [1.807, 2.05) is 31.2 Å². The molecule has 1 amide bonds. The van der Waals surface area contributed by atoms with Gasteiger partial charge in [-0.2, -0.15) is 0 Å². The van der Waals surface area contributed by atoms with E-state index >= 15 is 0 Å². The summed E-state index contributed by atoms with van der Waals surface area (Å²) < 4.78 is 23.0. The second kappa shape index (κ2) is 10.2.